The molecule has 0 saturated carbocycles. The van der Waals surface area contributed by atoms with Crippen LogP contribution in [0.3, 0.4) is 0 Å². The maximum atomic E-state index is 13.7. The number of fused-ring (bicyclic) bond motifs is 1. The Hall–Kier alpha value is -4.73. The Morgan fingerprint density at radius 3 is 2.62 bits per heavy atom. The van der Waals surface area contributed by atoms with Crippen LogP contribution >= 0.6 is 0 Å². The number of ketones is 1. The highest BCUT2D eigenvalue weighted by molar-refractivity contribution is 6.06. The molecule has 3 aromatic rings. The van der Waals surface area contributed by atoms with Gasteiger partial charge in [0.1, 0.15) is 17.6 Å². The van der Waals surface area contributed by atoms with Crippen molar-refractivity contribution in [2.24, 2.45) is 5.41 Å². The number of amides is 1. The van der Waals surface area contributed by atoms with Crippen molar-refractivity contribution in [2.75, 3.05) is 10.2 Å². The molecule has 0 spiro atoms. The van der Waals surface area contributed by atoms with Crippen LogP contribution in [0.5, 0.6) is 0 Å². The SMILES string of the molecule is CC1(C)CC(=O)C2=C(C1)Nc1ccccc1N(C(=O)CCC(=O)O)C2c1ccc(-c2cccc([N+](=O)[O-])c2)o1. The van der Waals surface area contributed by atoms with Gasteiger partial charge in [0.05, 0.1) is 22.7 Å². The Morgan fingerprint density at radius 2 is 1.87 bits per heavy atom. The fourth-order valence-electron chi connectivity index (χ4n) is 5.29. The van der Waals surface area contributed by atoms with Crippen molar-refractivity contribution in [2.45, 2.75) is 45.6 Å². The zero-order chi connectivity index (χ0) is 27.9. The molecule has 2 heterocycles. The minimum Gasteiger partial charge on any atom is -0.481 e. The quantitative estimate of drug-likeness (QED) is 0.298. The lowest BCUT2D eigenvalue weighted by atomic mass is 9.74. The summed E-state index contributed by atoms with van der Waals surface area (Å²) in [4.78, 5) is 51.0. The number of anilines is 2. The number of carboxylic acid groups (broad SMARTS) is 1. The number of carbonyl (C=O) groups is 3. The minimum atomic E-state index is -1.11. The standard InChI is InChI=1S/C29H27N3O7/c1-29(2)15-20-27(22(33)16-29)28(24-11-10-23(39-24)17-6-5-7-18(14-17)32(37)38)31(25(34)12-13-26(35)36)21-9-4-3-8-19(21)30-20/h3-11,14,28,30H,12-13,15-16H2,1-2H3,(H,35,36). The van der Waals surface area contributed by atoms with Gasteiger partial charge in [-0.25, -0.2) is 0 Å². The number of nitrogens with zero attached hydrogens (tertiary/aromatic N) is 2. The number of para-hydroxylation sites is 2. The van der Waals surface area contributed by atoms with Crippen molar-refractivity contribution >= 4 is 34.7 Å². The first-order valence-electron chi connectivity index (χ1n) is 12.5. The number of furan rings is 1. The van der Waals surface area contributed by atoms with Crippen molar-refractivity contribution in [3.63, 3.8) is 0 Å². The van der Waals surface area contributed by atoms with Gasteiger partial charge >= 0.3 is 5.97 Å². The third-order valence-corrected chi connectivity index (χ3v) is 6.96. The Labute approximate surface area is 224 Å². The Balaban J connectivity index is 1.69. The van der Waals surface area contributed by atoms with E-state index in [-0.39, 0.29) is 36.1 Å². The number of hydrogen-bond acceptors (Lipinski definition) is 7. The number of nitro benzene ring substituents is 1. The predicted octanol–water partition coefficient (Wildman–Crippen LogP) is 5.86. The van der Waals surface area contributed by atoms with Gasteiger partial charge in [-0.05, 0) is 36.1 Å². The van der Waals surface area contributed by atoms with Gasteiger partial charge in [0, 0.05) is 41.8 Å². The van der Waals surface area contributed by atoms with Gasteiger partial charge in [-0.2, -0.15) is 0 Å². The number of nitro groups is 1. The topological polar surface area (TPSA) is 143 Å². The molecule has 1 aromatic heterocycles. The smallest absolute Gasteiger partial charge is 0.303 e. The molecule has 200 valence electrons. The summed E-state index contributed by atoms with van der Waals surface area (Å²) in [6.45, 7) is 4.01. The van der Waals surface area contributed by atoms with Gasteiger partial charge < -0.3 is 14.8 Å². The molecule has 0 saturated heterocycles. The van der Waals surface area contributed by atoms with Crippen LogP contribution in [0.25, 0.3) is 11.3 Å². The van der Waals surface area contributed by atoms with E-state index in [0.717, 1.165) is 0 Å². The highest BCUT2D eigenvalue weighted by Crippen LogP contribution is 2.49. The molecule has 1 unspecified atom stereocenters. The average molecular weight is 530 g/mol. The average Bonchev–Trinajstić information content (AvgIpc) is 3.31. The van der Waals surface area contributed by atoms with Crippen LogP contribution in [0.15, 0.2) is 76.4 Å². The summed E-state index contributed by atoms with van der Waals surface area (Å²) in [5, 5.41) is 24.0. The van der Waals surface area contributed by atoms with Crippen molar-refractivity contribution in [3.05, 3.63) is 87.8 Å². The fourth-order valence-corrected chi connectivity index (χ4v) is 5.29. The lowest BCUT2D eigenvalue weighted by Crippen LogP contribution is -2.39. The number of hydrogen-bond donors (Lipinski definition) is 2. The van der Waals surface area contributed by atoms with Gasteiger partial charge in [0.2, 0.25) is 5.91 Å². The molecule has 0 bridgehead atoms. The van der Waals surface area contributed by atoms with Crippen LogP contribution < -0.4 is 10.2 Å². The second-order valence-electron chi connectivity index (χ2n) is 10.5. The molecule has 2 aliphatic rings. The van der Waals surface area contributed by atoms with Crippen molar-refractivity contribution in [1.29, 1.82) is 0 Å². The maximum absolute atomic E-state index is 13.7. The van der Waals surface area contributed by atoms with Crippen molar-refractivity contribution < 1.29 is 28.8 Å². The Bertz CT molecular complexity index is 1530. The first-order chi connectivity index (χ1) is 18.5. The van der Waals surface area contributed by atoms with Gasteiger partial charge in [-0.1, -0.05) is 38.1 Å². The molecule has 2 N–H and O–H groups in total. The number of carbonyl (C=O) groups excluding carboxylic acids is 2. The Kier molecular flexibility index (Phi) is 6.55. The molecule has 5 rings (SSSR count). The molecule has 10 nitrogen and oxygen atoms in total. The van der Waals surface area contributed by atoms with Gasteiger partial charge in [0.25, 0.3) is 5.69 Å². The Morgan fingerprint density at radius 1 is 1.10 bits per heavy atom. The number of allylic oxidation sites excluding steroid dienone is 1. The second kappa shape index (κ2) is 9.86. The van der Waals surface area contributed by atoms with Crippen LogP contribution in [0.1, 0.15) is 51.3 Å². The van der Waals surface area contributed by atoms with Crippen LogP contribution in [0, 0.1) is 15.5 Å². The largest absolute Gasteiger partial charge is 0.481 e. The third-order valence-electron chi connectivity index (χ3n) is 6.96. The number of Topliss-reactive ketones (excluding diaryl/α,β-unsaturated/α-hetero) is 1. The van der Waals surface area contributed by atoms with E-state index >= 15 is 0 Å². The number of non-ortho nitro benzene ring substituents is 1. The van der Waals surface area contributed by atoms with Gasteiger partial charge in [-0.15, -0.1) is 0 Å². The summed E-state index contributed by atoms with van der Waals surface area (Å²) in [6, 6.07) is 15.5. The monoisotopic (exact) mass is 529 g/mol. The first kappa shape index (κ1) is 25.9. The van der Waals surface area contributed by atoms with Crippen LogP contribution in [-0.2, 0) is 14.4 Å². The highest BCUT2D eigenvalue weighted by Gasteiger charge is 2.44. The molecule has 39 heavy (non-hydrogen) atoms. The lowest BCUT2D eigenvalue weighted by molar-refractivity contribution is -0.384. The number of nitrogens with one attached hydrogen (secondary N) is 1. The molecular formula is C29H27N3O7. The summed E-state index contributed by atoms with van der Waals surface area (Å²) in [5.74, 6) is -1.10. The molecule has 1 aliphatic carbocycles. The lowest BCUT2D eigenvalue weighted by Gasteiger charge is -2.36. The summed E-state index contributed by atoms with van der Waals surface area (Å²) < 4.78 is 6.22. The summed E-state index contributed by atoms with van der Waals surface area (Å²) in [5.41, 5.74) is 2.22. The normalized spacial score (nSPS) is 18.1. The molecule has 1 amide bonds. The molecule has 0 fully saturated rings. The minimum absolute atomic E-state index is 0.0989. The van der Waals surface area contributed by atoms with E-state index in [0.29, 0.717) is 46.1 Å². The third kappa shape index (κ3) is 5.05. The zero-order valence-electron chi connectivity index (χ0n) is 21.5. The number of rotatable bonds is 6. The number of benzene rings is 2. The molecule has 1 aliphatic heterocycles. The van der Waals surface area contributed by atoms with Crippen molar-refractivity contribution in [1.82, 2.24) is 0 Å². The van der Waals surface area contributed by atoms with E-state index in [4.69, 9.17) is 4.42 Å². The fraction of sp³-hybridized carbons (Fsp3) is 0.276. The van der Waals surface area contributed by atoms with Gasteiger partial charge in [0.15, 0.2) is 5.78 Å². The first-order valence-corrected chi connectivity index (χ1v) is 12.5. The van der Waals surface area contributed by atoms with Gasteiger partial charge in [-0.3, -0.25) is 29.4 Å². The van der Waals surface area contributed by atoms with Crippen LogP contribution in [0.2, 0.25) is 0 Å². The summed E-state index contributed by atoms with van der Waals surface area (Å²) >= 11 is 0. The summed E-state index contributed by atoms with van der Waals surface area (Å²) in [7, 11) is 0. The van der Waals surface area contributed by atoms with Crippen LogP contribution in [-0.4, -0.2) is 27.7 Å². The van der Waals surface area contributed by atoms with E-state index in [9.17, 15) is 29.6 Å². The predicted molar refractivity (Wildman–Crippen MR) is 143 cm³/mol. The van der Waals surface area contributed by atoms with E-state index in [2.05, 4.69) is 5.32 Å². The molecule has 2 aromatic carbocycles. The zero-order valence-corrected chi connectivity index (χ0v) is 21.5. The van der Waals surface area contributed by atoms with E-state index in [1.54, 1.807) is 36.4 Å². The second-order valence-corrected chi connectivity index (χ2v) is 10.5. The molecule has 1 atom stereocenters. The van der Waals surface area contributed by atoms with Crippen LogP contribution in [0.4, 0.5) is 17.1 Å². The number of aliphatic carboxylic acids is 1. The highest BCUT2D eigenvalue weighted by atomic mass is 16.6. The van der Waals surface area contributed by atoms with E-state index in [1.807, 2.05) is 26.0 Å². The molecular weight excluding hydrogens is 502 g/mol. The molecule has 10 heteroatoms. The number of carboxylic acids is 1. The van der Waals surface area contributed by atoms with E-state index in [1.165, 1.54) is 17.0 Å². The van der Waals surface area contributed by atoms with E-state index < -0.39 is 22.8 Å². The van der Waals surface area contributed by atoms with Crippen molar-refractivity contribution in [3.8, 4) is 11.3 Å². The maximum Gasteiger partial charge on any atom is 0.303 e. The summed E-state index contributed by atoms with van der Waals surface area (Å²) in [6.07, 6.45) is 0.160. The molecule has 0 radical (unpaired) electrons.